The van der Waals surface area contributed by atoms with Gasteiger partial charge in [-0.3, -0.25) is 4.90 Å². The van der Waals surface area contributed by atoms with Crippen molar-refractivity contribution in [2.45, 2.75) is 57.2 Å². The molecule has 2 heteroatoms. The van der Waals surface area contributed by atoms with Crippen LogP contribution in [0.1, 0.15) is 39.0 Å². The van der Waals surface area contributed by atoms with E-state index in [0.717, 1.165) is 12.5 Å². The van der Waals surface area contributed by atoms with E-state index >= 15 is 0 Å². The largest absolute Gasteiger partial charge is 0.309 e. The van der Waals surface area contributed by atoms with Gasteiger partial charge in [-0.1, -0.05) is 6.42 Å². The molecule has 0 radical (unpaired) electrons. The minimum Gasteiger partial charge on any atom is -0.309 e. The highest BCUT2D eigenvalue weighted by Crippen LogP contribution is 2.27. The smallest absolute Gasteiger partial charge is 0.0249 e. The average molecular weight is 206 g/mol. The fraction of sp³-hybridized carbons (Fsp3) is 0.846. The van der Waals surface area contributed by atoms with Crippen molar-refractivity contribution in [1.82, 2.24) is 10.2 Å². The van der Waals surface area contributed by atoms with Crippen LogP contribution in [0.2, 0.25) is 0 Å². The maximum atomic E-state index is 5.34. The summed E-state index contributed by atoms with van der Waals surface area (Å²) in [7, 11) is 0. The van der Waals surface area contributed by atoms with Crippen LogP contribution in [0.3, 0.4) is 0 Å². The average Bonchev–Trinajstić information content (AvgIpc) is 2.62. The summed E-state index contributed by atoms with van der Waals surface area (Å²) < 4.78 is 0. The molecule has 15 heavy (non-hydrogen) atoms. The molecule has 2 rings (SSSR count). The third kappa shape index (κ3) is 2.53. The minimum atomic E-state index is 0.474. The van der Waals surface area contributed by atoms with Crippen molar-refractivity contribution >= 4 is 0 Å². The third-order valence-electron chi connectivity index (χ3n) is 3.78. The monoisotopic (exact) mass is 206 g/mol. The number of terminal acetylenes is 1. The lowest BCUT2D eigenvalue weighted by Crippen LogP contribution is -2.47. The van der Waals surface area contributed by atoms with E-state index in [9.17, 15) is 0 Å². The van der Waals surface area contributed by atoms with Crippen molar-refractivity contribution in [2.75, 3.05) is 13.1 Å². The quantitative estimate of drug-likeness (QED) is 0.706. The molecule has 3 atom stereocenters. The van der Waals surface area contributed by atoms with Crippen LogP contribution in [0.4, 0.5) is 0 Å². The van der Waals surface area contributed by atoms with Gasteiger partial charge in [0.05, 0.1) is 0 Å². The van der Waals surface area contributed by atoms with Crippen molar-refractivity contribution in [3.05, 3.63) is 0 Å². The predicted octanol–water partition coefficient (Wildman–Crippen LogP) is 1.61. The summed E-state index contributed by atoms with van der Waals surface area (Å²) in [5, 5.41) is 3.69. The van der Waals surface area contributed by atoms with Crippen molar-refractivity contribution in [3.8, 4) is 12.3 Å². The van der Waals surface area contributed by atoms with E-state index in [2.05, 4.69) is 23.1 Å². The van der Waals surface area contributed by atoms with Crippen LogP contribution < -0.4 is 5.32 Å². The van der Waals surface area contributed by atoms with Gasteiger partial charge in [-0.25, -0.2) is 0 Å². The Balaban J connectivity index is 1.85. The van der Waals surface area contributed by atoms with Crippen LogP contribution in [0.15, 0.2) is 0 Å². The lowest BCUT2D eigenvalue weighted by Gasteiger charge is -2.33. The topological polar surface area (TPSA) is 15.3 Å². The van der Waals surface area contributed by atoms with Gasteiger partial charge in [0.15, 0.2) is 0 Å². The maximum absolute atomic E-state index is 5.34. The molecule has 2 fully saturated rings. The number of fused-ring (bicyclic) bond motifs is 1. The Morgan fingerprint density at radius 3 is 3.07 bits per heavy atom. The fourth-order valence-corrected chi connectivity index (χ4v) is 3.04. The van der Waals surface area contributed by atoms with E-state index in [1.54, 1.807) is 0 Å². The molecule has 2 saturated heterocycles. The van der Waals surface area contributed by atoms with Gasteiger partial charge >= 0.3 is 0 Å². The molecule has 0 aromatic carbocycles. The molecular formula is C13H22N2. The highest BCUT2D eigenvalue weighted by molar-refractivity contribution is 4.96. The Hall–Kier alpha value is -0.520. The molecule has 84 valence electrons. The number of nitrogens with one attached hydrogen (secondary N) is 1. The Bertz CT molecular complexity index is 243. The zero-order valence-electron chi connectivity index (χ0n) is 9.71. The second kappa shape index (κ2) is 5.01. The first-order chi connectivity index (χ1) is 7.31. The van der Waals surface area contributed by atoms with E-state index in [1.165, 1.54) is 38.8 Å². The van der Waals surface area contributed by atoms with Crippen LogP contribution >= 0.6 is 0 Å². The van der Waals surface area contributed by atoms with Gasteiger partial charge in [0.1, 0.15) is 0 Å². The highest BCUT2D eigenvalue weighted by atomic mass is 15.2. The summed E-state index contributed by atoms with van der Waals surface area (Å²) in [6.45, 7) is 4.79. The number of rotatable bonds is 3. The van der Waals surface area contributed by atoms with Crippen molar-refractivity contribution < 1.29 is 0 Å². The van der Waals surface area contributed by atoms with Crippen LogP contribution in [-0.4, -0.2) is 36.1 Å². The predicted molar refractivity (Wildman–Crippen MR) is 63.7 cm³/mol. The molecule has 2 nitrogen and oxygen atoms in total. The van der Waals surface area contributed by atoms with Gasteiger partial charge in [-0.2, -0.15) is 0 Å². The number of piperidine rings is 1. The second-order valence-corrected chi connectivity index (χ2v) is 4.97. The molecular weight excluding hydrogens is 184 g/mol. The summed E-state index contributed by atoms with van der Waals surface area (Å²) in [4.78, 5) is 2.66. The minimum absolute atomic E-state index is 0.474. The van der Waals surface area contributed by atoms with Crippen LogP contribution in [0, 0.1) is 12.3 Å². The van der Waals surface area contributed by atoms with E-state index in [0.29, 0.717) is 12.1 Å². The number of hydrogen-bond donors (Lipinski definition) is 1. The maximum Gasteiger partial charge on any atom is 0.0249 e. The normalized spacial score (nSPS) is 33.3. The summed E-state index contributed by atoms with van der Waals surface area (Å²) in [6, 6.07) is 1.95. The molecule has 0 bridgehead atoms. The van der Waals surface area contributed by atoms with Crippen LogP contribution in [0.5, 0.6) is 0 Å². The molecule has 0 spiro atoms. The molecule has 0 saturated carbocycles. The summed E-state index contributed by atoms with van der Waals surface area (Å²) in [6.07, 6.45) is 11.7. The van der Waals surface area contributed by atoms with Gasteiger partial charge in [-0.15, -0.1) is 12.3 Å². The lowest BCUT2D eigenvalue weighted by atomic mass is 9.98. The van der Waals surface area contributed by atoms with E-state index < -0.39 is 0 Å². The summed E-state index contributed by atoms with van der Waals surface area (Å²) in [5.74, 6) is 2.74. The van der Waals surface area contributed by atoms with Crippen LogP contribution in [0.25, 0.3) is 0 Å². The first-order valence-electron chi connectivity index (χ1n) is 6.25. The Kier molecular flexibility index (Phi) is 3.66. The van der Waals surface area contributed by atoms with Gasteiger partial charge in [0, 0.05) is 31.1 Å². The van der Waals surface area contributed by atoms with Crippen molar-refractivity contribution in [1.29, 1.82) is 0 Å². The fourth-order valence-electron chi connectivity index (χ4n) is 3.04. The highest BCUT2D eigenvalue weighted by Gasteiger charge is 2.35. The Labute approximate surface area is 93.4 Å². The summed E-state index contributed by atoms with van der Waals surface area (Å²) in [5.41, 5.74) is 0. The van der Waals surface area contributed by atoms with Gasteiger partial charge < -0.3 is 5.32 Å². The SMILES string of the molecule is C#CCC(C)NC1CCN2CCCCC12. The first-order valence-corrected chi connectivity index (χ1v) is 6.25. The summed E-state index contributed by atoms with van der Waals surface area (Å²) >= 11 is 0. The van der Waals surface area contributed by atoms with Gasteiger partial charge in [0.2, 0.25) is 0 Å². The van der Waals surface area contributed by atoms with E-state index in [1.807, 2.05) is 0 Å². The molecule has 2 aliphatic heterocycles. The van der Waals surface area contributed by atoms with Gasteiger partial charge in [0.25, 0.3) is 0 Å². The molecule has 2 aliphatic rings. The van der Waals surface area contributed by atoms with Crippen LogP contribution in [-0.2, 0) is 0 Å². The molecule has 0 amide bonds. The molecule has 3 unspecified atom stereocenters. The first kappa shape index (κ1) is 11.0. The zero-order valence-corrected chi connectivity index (χ0v) is 9.71. The number of hydrogen-bond acceptors (Lipinski definition) is 2. The van der Waals surface area contributed by atoms with Gasteiger partial charge in [-0.05, 0) is 32.7 Å². The Morgan fingerprint density at radius 2 is 2.27 bits per heavy atom. The molecule has 1 N–H and O–H groups in total. The van der Waals surface area contributed by atoms with Crippen molar-refractivity contribution in [2.24, 2.45) is 0 Å². The lowest BCUT2D eigenvalue weighted by molar-refractivity contribution is 0.177. The molecule has 0 aromatic heterocycles. The van der Waals surface area contributed by atoms with E-state index in [-0.39, 0.29) is 0 Å². The third-order valence-corrected chi connectivity index (χ3v) is 3.78. The van der Waals surface area contributed by atoms with E-state index in [4.69, 9.17) is 6.42 Å². The molecule has 0 aliphatic carbocycles. The van der Waals surface area contributed by atoms with Crippen molar-refractivity contribution in [3.63, 3.8) is 0 Å². The molecule has 2 heterocycles. The Morgan fingerprint density at radius 1 is 1.40 bits per heavy atom. The zero-order chi connectivity index (χ0) is 10.7. The molecule has 0 aromatic rings. The second-order valence-electron chi connectivity index (χ2n) is 4.97. The number of nitrogens with zero attached hydrogens (tertiary/aromatic N) is 1. The standard InChI is InChI=1S/C13H22N2/c1-3-6-11(2)14-12-8-10-15-9-5-4-7-13(12)15/h1,11-14H,4-10H2,2H3.